The highest BCUT2D eigenvalue weighted by molar-refractivity contribution is 14.1. The van der Waals surface area contributed by atoms with E-state index in [1.165, 1.54) is 32.7 Å². The van der Waals surface area contributed by atoms with E-state index < -0.39 is 81.4 Å². The van der Waals surface area contributed by atoms with Gasteiger partial charge in [0.05, 0.1) is 38.1 Å². The fourth-order valence-corrected chi connectivity index (χ4v) is 9.76. The molecule has 4 aromatic rings. The lowest BCUT2D eigenvalue weighted by atomic mass is 10.1. The van der Waals surface area contributed by atoms with Crippen LogP contribution in [-0.2, 0) is 60.0 Å². The minimum Gasteiger partial charge on any atom is -0.387 e. The van der Waals surface area contributed by atoms with Crippen molar-refractivity contribution in [2.45, 2.75) is 68.5 Å². The van der Waals surface area contributed by atoms with Crippen LogP contribution >= 0.6 is 48.8 Å². The molecule has 25 heteroatoms. The second kappa shape index (κ2) is 14.2. The van der Waals surface area contributed by atoms with Gasteiger partial charge in [0.2, 0.25) is 0 Å². The largest absolute Gasteiger partial charge is 0.387 e. The summed E-state index contributed by atoms with van der Waals surface area (Å²) >= 11 is 11.1. The molecule has 0 amide bonds. The van der Waals surface area contributed by atoms with Crippen LogP contribution in [0.5, 0.6) is 0 Å². The molecular weight excluding hydrogens is 872 g/mol. The summed E-state index contributed by atoms with van der Waals surface area (Å²) in [7, 11) is 0. The van der Waals surface area contributed by atoms with Crippen molar-refractivity contribution in [3.05, 3.63) is 41.1 Å². The predicted molar refractivity (Wildman–Crippen MR) is 190 cm³/mol. The van der Waals surface area contributed by atoms with Gasteiger partial charge in [-0.05, 0) is 30.2 Å². The molecule has 0 aliphatic carbocycles. The van der Waals surface area contributed by atoms with E-state index in [0.29, 0.717) is 24.4 Å². The molecule has 4 aliphatic heterocycles. The molecule has 8 heterocycles. The number of thiol groups is 1. The Labute approximate surface area is 311 Å². The van der Waals surface area contributed by atoms with Crippen LogP contribution in [0.4, 0.5) is 10.2 Å². The van der Waals surface area contributed by atoms with Gasteiger partial charge in [0.1, 0.15) is 77.6 Å². The second-order valence-electron chi connectivity index (χ2n) is 12.1. The lowest BCUT2D eigenvalue weighted by Crippen LogP contribution is -2.35. The number of halogens is 2. The Hall–Kier alpha value is -1.70. The van der Waals surface area contributed by atoms with Crippen LogP contribution in [0.15, 0.2) is 30.0 Å². The van der Waals surface area contributed by atoms with Gasteiger partial charge in [0.25, 0.3) is 5.56 Å². The normalized spacial score (nSPS) is 35.9. The van der Waals surface area contributed by atoms with E-state index in [1.54, 1.807) is 29.2 Å². The molecule has 3 N–H and O–H groups in total. The summed E-state index contributed by atoms with van der Waals surface area (Å²) < 4.78 is 74.2. The van der Waals surface area contributed by atoms with Gasteiger partial charge in [-0.3, -0.25) is 27.5 Å². The van der Waals surface area contributed by atoms with Gasteiger partial charge in [-0.2, -0.15) is 0 Å². The summed E-state index contributed by atoms with van der Waals surface area (Å²) in [5.74, 6) is 0.616. The van der Waals surface area contributed by atoms with E-state index in [-0.39, 0.29) is 24.3 Å². The summed E-state index contributed by atoms with van der Waals surface area (Å²) in [6.45, 7) is -8.61. The van der Waals surface area contributed by atoms with Crippen molar-refractivity contribution in [1.29, 1.82) is 0 Å². The fourth-order valence-electron chi connectivity index (χ4n) is 6.66. The maximum atomic E-state index is 16.4. The van der Waals surface area contributed by atoms with Crippen molar-refractivity contribution in [2.75, 3.05) is 31.7 Å². The highest BCUT2D eigenvalue weighted by Gasteiger charge is 2.53. The maximum Gasteiger partial charge on any atom is 0.386 e. The minimum atomic E-state index is -4.40. The van der Waals surface area contributed by atoms with E-state index >= 15 is 4.39 Å². The number of aromatic nitrogens is 7. The van der Waals surface area contributed by atoms with Crippen molar-refractivity contribution in [3.8, 4) is 0 Å². The van der Waals surface area contributed by atoms with Gasteiger partial charge < -0.3 is 36.9 Å². The van der Waals surface area contributed by atoms with E-state index in [1.807, 2.05) is 0 Å². The SMILES string of the molecule is O=c1c2ncn([C@@H]3O[C@@H]4COP(O)(=S)O[C@H]5[C@@H](F)[C@H](n6cc7c8c(ncnc86)NCCC7)O[C@@H]5COP(=O)(S)O[C@@H]3[C@@H]4O)c2ncn1CCOI. The number of aliphatic hydroxyl groups is 1. The van der Waals surface area contributed by atoms with E-state index in [9.17, 15) is 19.4 Å². The third kappa shape index (κ3) is 6.81. The first-order valence-corrected chi connectivity index (χ1v) is 21.8. The van der Waals surface area contributed by atoms with Crippen LogP contribution in [0, 0.1) is 0 Å². The lowest BCUT2D eigenvalue weighted by Gasteiger charge is -2.27. The summed E-state index contributed by atoms with van der Waals surface area (Å²) in [5, 5.41) is 15.3. The molecule has 10 atom stereocenters. The predicted octanol–water partition coefficient (Wildman–Crippen LogP) is 2.33. The third-order valence-electron chi connectivity index (χ3n) is 9.00. The summed E-state index contributed by atoms with van der Waals surface area (Å²) in [6, 6.07) is 0. The van der Waals surface area contributed by atoms with Gasteiger partial charge in [-0.15, -0.1) is 0 Å². The third-order valence-corrected chi connectivity index (χ3v) is 12.6. The Morgan fingerprint density at radius 1 is 1.08 bits per heavy atom. The van der Waals surface area contributed by atoms with Crippen LogP contribution in [0.2, 0.25) is 0 Å². The first-order chi connectivity index (χ1) is 24.4. The number of anilines is 1. The molecule has 2 unspecified atom stereocenters. The summed E-state index contributed by atoms with van der Waals surface area (Å²) in [4.78, 5) is 41.4. The van der Waals surface area contributed by atoms with Gasteiger partial charge in [-0.25, -0.2) is 28.9 Å². The molecule has 0 aromatic carbocycles. The number of hydrogen-bond acceptors (Lipinski definition) is 16. The molecule has 4 aromatic heterocycles. The fraction of sp³-hybridized carbons (Fsp3) is 0.577. The van der Waals surface area contributed by atoms with Crippen LogP contribution in [0.25, 0.3) is 22.2 Å². The van der Waals surface area contributed by atoms with Crippen molar-refractivity contribution in [1.82, 2.24) is 33.6 Å². The number of aryl methyl sites for hydroxylation is 1. The smallest absolute Gasteiger partial charge is 0.386 e. The quantitative estimate of drug-likeness (QED) is 0.128. The zero-order chi connectivity index (χ0) is 35.7. The monoisotopic (exact) mass is 902 g/mol. The number of rotatable bonds is 5. The topological polar surface area (TPSA) is 218 Å². The molecule has 3 saturated heterocycles. The zero-order valence-corrected chi connectivity index (χ0v) is 31.7. The van der Waals surface area contributed by atoms with Gasteiger partial charge >= 0.3 is 13.5 Å². The van der Waals surface area contributed by atoms with E-state index in [0.717, 1.165) is 17.4 Å². The van der Waals surface area contributed by atoms with Crippen molar-refractivity contribution in [2.24, 2.45) is 0 Å². The number of hydrogen-bond donors (Lipinski definition) is 4. The number of aliphatic hydroxyl groups excluding tert-OH is 1. The molecule has 8 rings (SSSR count). The van der Waals surface area contributed by atoms with Crippen LogP contribution < -0.4 is 10.9 Å². The van der Waals surface area contributed by atoms with E-state index in [4.69, 9.17) is 42.4 Å². The molecule has 4 aliphatic rings. The highest BCUT2D eigenvalue weighted by Crippen LogP contribution is 2.58. The number of alkyl halides is 1. The zero-order valence-electron chi connectivity index (χ0n) is 26.1. The Bertz CT molecular complexity index is 2130. The number of fused-ring (bicyclic) bond motifs is 4. The Kier molecular flexibility index (Phi) is 10.1. The highest BCUT2D eigenvalue weighted by atomic mass is 127. The first-order valence-electron chi connectivity index (χ1n) is 15.6. The molecule has 19 nitrogen and oxygen atoms in total. The van der Waals surface area contributed by atoms with E-state index in [2.05, 4.69) is 37.5 Å². The molecule has 3 fully saturated rings. The lowest BCUT2D eigenvalue weighted by molar-refractivity contribution is -0.0584. The Morgan fingerprint density at radius 3 is 2.71 bits per heavy atom. The van der Waals surface area contributed by atoms with Crippen molar-refractivity contribution in [3.63, 3.8) is 0 Å². The summed E-state index contributed by atoms with van der Waals surface area (Å²) in [6.07, 6.45) is -4.53. The molecule has 0 radical (unpaired) electrons. The van der Waals surface area contributed by atoms with Crippen molar-refractivity contribution < 1.29 is 49.6 Å². The first kappa shape index (κ1) is 36.3. The van der Waals surface area contributed by atoms with Gasteiger partial charge in [-0.1, -0.05) is 12.2 Å². The van der Waals surface area contributed by atoms with Crippen molar-refractivity contribution >= 4 is 88.6 Å². The number of nitrogens with one attached hydrogen (secondary N) is 1. The van der Waals surface area contributed by atoms with Gasteiger partial charge in [0, 0.05) is 12.7 Å². The minimum absolute atomic E-state index is 0.0140. The Balaban J connectivity index is 1.09. The number of ether oxygens (including phenoxy) is 2. The Morgan fingerprint density at radius 2 is 1.88 bits per heavy atom. The van der Waals surface area contributed by atoms with Gasteiger partial charge in [0.15, 0.2) is 29.8 Å². The van der Waals surface area contributed by atoms with Crippen LogP contribution in [0.3, 0.4) is 0 Å². The number of imidazole rings is 1. The summed E-state index contributed by atoms with van der Waals surface area (Å²) in [5.41, 5.74) is 0.913. The molecule has 0 spiro atoms. The molecule has 0 saturated carbocycles. The number of nitrogens with zero attached hydrogens (tertiary/aromatic N) is 7. The average molecular weight is 903 g/mol. The molecular formula is C26H30FIN8O11P2S2. The average Bonchev–Trinajstić information content (AvgIpc) is 3.80. The maximum absolute atomic E-state index is 16.4. The second-order valence-corrected chi connectivity index (χ2v) is 18.4. The standard InChI is InChI=1S/C26H30FIN8O11P2S2/c27-16-19-14(45-25(16)35-6-12-2-1-3-29-21-15(12)22(35)31-9-30-21)8-43-49(40,51)47-20-18(37)13(7-42-48(39,50)46-19)44-26(20)36-11-32-17-23(36)33-10-34(24(17)38)4-5-41-28/h6,9-11,13-14,16,18-20,25-26,37H,1-5,7-8H2,(H,39,50)(H,40,51)(H,29,30,31)/t13-,14-,16-,18-,19-,20-,25-,26-,48?,49?/m1/s1. The van der Waals surface area contributed by atoms with Crippen LogP contribution in [-0.4, -0.2) is 107 Å². The molecule has 51 heavy (non-hydrogen) atoms. The molecule has 276 valence electrons. The van der Waals surface area contributed by atoms with Crippen LogP contribution in [0.1, 0.15) is 24.4 Å². The molecule has 2 bridgehead atoms.